The van der Waals surface area contributed by atoms with Gasteiger partial charge < -0.3 is 19.0 Å². The molecular formula is C20H18O6. The molecule has 3 rings (SSSR count). The van der Waals surface area contributed by atoms with Gasteiger partial charge in [0.1, 0.15) is 22.8 Å². The Morgan fingerprint density at radius 2 is 1.69 bits per heavy atom. The van der Waals surface area contributed by atoms with E-state index in [1.807, 2.05) is 6.92 Å². The van der Waals surface area contributed by atoms with Gasteiger partial charge in [0.05, 0.1) is 26.0 Å². The van der Waals surface area contributed by atoms with Crippen LogP contribution >= 0.6 is 0 Å². The molecule has 134 valence electrons. The number of fused-ring (bicyclic) bond motifs is 1. The number of carbonyl (C=O) groups is 1. The molecule has 1 aromatic heterocycles. The van der Waals surface area contributed by atoms with E-state index in [-0.39, 0.29) is 17.4 Å². The van der Waals surface area contributed by atoms with Gasteiger partial charge in [0.2, 0.25) is 0 Å². The number of carboxylic acids is 1. The predicted octanol–water partition coefficient (Wildman–Crippen LogP) is 3.41. The molecule has 0 bridgehead atoms. The Balaban J connectivity index is 2.27. The number of aliphatic carboxylic acids is 1. The van der Waals surface area contributed by atoms with Gasteiger partial charge in [0, 0.05) is 23.3 Å². The summed E-state index contributed by atoms with van der Waals surface area (Å²) in [7, 11) is 3.06. The lowest BCUT2D eigenvalue weighted by Gasteiger charge is -2.10. The largest absolute Gasteiger partial charge is 0.497 e. The van der Waals surface area contributed by atoms with E-state index in [0.717, 1.165) is 5.56 Å². The van der Waals surface area contributed by atoms with Crippen LogP contribution in [-0.4, -0.2) is 25.3 Å². The van der Waals surface area contributed by atoms with E-state index in [0.29, 0.717) is 33.8 Å². The van der Waals surface area contributed by atoms with Crippen LogP contribution in [0.3, 0.4) is 0 Å². The molecule has 6 heteroatoms. The van der Waals surface area contributed by atoms with Crippen LogP contribution in [-0.2, 0) is 11.2 Å². The van der Waals surface area contributed by atoms with Crippen molar-refractivity contribution in [2.45, 2.75) is 13.3 Å². The van der Waals surface area contributed by atoms with Gasteiger partial charge in [-0.25, -0.2) is 0 Å². The van der Waals surface area contributed by atoms with E-state index in [1.54, 1.807) is 30.3 Å². The first-order chi connectivity index (χ1) is 12.4. The fraction of sp³-hybridized carbons (Fsp3) is 0.200. The molecular weight excluding hydrogens is 336 g/mol. The molecule has 0 aliphatic rings. The van der Waals surface area contributed by atoms with Gasteiger partial charge >= 0.3 is 5.97 Å². The number of carboxylic acid groups (broad SMARTS) is 1. The van der Waals surface area contributed by atoms with Crippen molar-refractivity contribution < 1.29 is 23.8 Å². The zero-order valence-corrected chi connectivity index (χ0v) is 14.7. The Morgan fingerprint density at radius 1 is 1.04 bits per heavy atom. The lowest BCUT2D eigenvalue weighted by molar-refractivity contribution is -0.136. The van der Waals surface area contributed by atoms with Crippen LogP contribution < -0.4 is 14.9 Å². The topological polar surface area (TPSA) is 86.0 Å². The second kappa shape index (κ2) is 6.92. The van der Waals surface area contributed by atoms with Gasteiger partial charge in [-0.1, -0.05) is 6.07 Å². The molecule has 6 nitrogen and oxygen atoms in total. The first-order valence-corrected chi connectivity index (χ1v) is 7.94. The van der Waals surface area contributed by atoms with Crippen molar-refractivity contribution in [3.63, 3.8) is 0 Å². The minimum Gasteiger partial charge on any atom is -0.497 e. The molecule has 1 N–H and O–H groups in total. The van der Waals surface area contributed by atoms with Gasteiger partial charge in [-0.05, 0) is 30.7 Å². The number of hydrogen-bond acceptors (Lipinski definition) is 5. The van der Waals surface area contributed by atoms with Crippen molar-refractivity contribution in [1.29, 1.82) is 0 Å². The Morgan fingerprint density at radius 3 is 2.27 bits per heavy atom. The average molecular weight is 354 g/mol. The summed E-state index contributed by atoms with van der Waals surface area (Å²) in [6.45, 7) is 1.81. The van der Waals surface area contributed by atoms with Crippen molar-refractivity contribution in [3.05, 3.63) is 57.7 Å². The normalized spacial score (nSPS) is 10.7. The van der Waals surface area contributed by atoms with Crippen LogP contribution in [0.2, 0.25) is 0 Å². The van der Waals surface area contributed by atoms with Crippen LogP contribution in [0.25, 0.3) is 22.3 Å². The van der Waals surface area contributed by atoms with Crippen LogP contribution in [0, 0.1) is 6.92 Å². The molecule has 26 heavy (non-hydrogen) atoms. The molecule has 3 aromatic rings. The third-order valence-electron chi connectivity index (χ3n) is 4.03. The summed E-state index contributed by atoms with van der Waals surface area (Å²) in [6.07, 6.45) is -0.230. The standard InChI is InChI=1S/C20H18O6/c1-11-4-13(8-19(22)23)20-16(5-11)17(21)10-18(26-20)12-6-14(24-2)9-15(7-12)25-3/h4-7,9-10H,8H2,1-3H3,(H,22,23). The van der Waals surface area contributed by atoms with Crippen molar-refractivity contribution in [2.75, 3.05) is 14.2 Å². The monoisotopic (exact) mass is 354 g/mol. The van der Waals surface area contributed by atoms with Gasteiger partial charge in [0.25, 0.3) is 0 Å². The molecule has 0 atom stereocenters. The van der Waals surface area contributed by atoms with Crippen molar-refractivity contribution in [3.8, 4) is 22.8 Å². The maximum absolute atomic E-state index is 12.6. The minimum absolute atomic E-state index is 0.230. The van der Waals surface area contributed by atoms with Crippen molar-refractivity contribution in [1.82, 2.24) is 0 Å². The first-order valence-electron chi connectivity index (χ1n) is 7.94. The highest BCUT2D eigenvalue weighted by Crippen LogP contribution is 2.31. The number of ether oxygens (including phenoxy) is 2. The average Bonchev–Trinajstić information content (AvgIpc) is 2.61. The van der Waals surface area contributed by atoms with Gasteiger partial charge in [0.15, 0.2) is 5.43 Å². The van der Waals surface area contributed by atoms with Crippen LogP contribution in [0.5, 0.6) is 11.5 Å². The predicted molar refractivity (Wildman–Crippen MR) is 97.1 cm³/mol. The number of benzene rings is 2. The maximum atomic E-state index is 12.6. The van der Waals surface area contributed by atoms with Crippen LogP contribution in [0.1, 0.15) is 11.1 Å². The highest BCUT2D eigenvalue weighted by molar-refractivity contribution is 5.86. The summed E-state index contributed by atoms with van der Waals surface area (Å²) in [5, 5.41) is 9.52. The third-order valence-corrected chi connectivity index (χ3v) is 4.03. The Kier molecular flexibility index (Phi) is 4.67. The van der Waals surface area contributed by atoms with E-state index in [9.17, 15) is 9.59 Å². The zero-order chi connectivity index (χ0) is 18.8. The molecule has 1 heterocycles. The molecule has 0 radical (unpaired) electrons. The molecule has 0 spiro atoms. The van der Waals surface area contributed by atoms with E-state index < -0.39 is 5.97 Å². The summed E-state index contributed by atoms with van der Waals surface area (Å²) >= 11 is 0. The fourth-order valence-corrected chi connectivity index (χ4v) is 2.87. The fourth-order valence-electron chi connectivity index (χ4n) is 2.87. The van der Waals surface area contributed by atoms with E-state index >= 15 is 0 Å². The minimum atomic E-state index is -0.993. The quantitative estimate of drug-likeness (QED) is 0.756. The van der Waals surface area contributed by atoms with E-state index in [2.05, 4.69) is 0 Å². The summed E-state index contributed by atoms with van der Waals surface area (Å²) < 4.78 is 16.4. The Labute approximate surface area is 149 Å². The second-order valence-corrected chi connectivity index (χ2v) is 5.95. The zero-order valence-electron chi connectivity index (χ0n) is 14.7. The second-order valence-electron chi connectivity index (χ2n) is 5.95. The Hall–Kier alpha value is -3.28. The molecule has 0 unspecified atom stereocenters. The van der Waals surface area contributed by atoms with Gasteiger partial charge in [-0.3, -0.25) is 9.59 Å². The SMILES string of the molecule is COc1cc(OC)cc(-c2cc(=O)c3cc(C)cc(CC(=O)O)c3o2)c1. The number of aryl methyl sites for hydroxylation is 1. The van der Waals surface area contributed by atoms with Gasteiger partial charge in [-0.15, -0.1) is 0 Å². The lowest BCUT2D eigenvalue weighted by atomic mass is 10.0. The van der Waals surface area contributed by atoms with Crippen molar-refractivity contribution in [2.24, 2.45) is 0 Å². The molecule has 0 amide bonds. The Bertz CT molecular complexity index is 1030. The number of methoxy groups -OCH3 is 2. The van der Waals surface area contributed by atoms with Crippen LogP contribution in [0.4, 0.5) is 0 Å². The summed E-state index contributed by atoms with van der Waals surface area (Å²) in [5.41, 5.74) is 1.90. The molecule has 0 aliphatic heterocycles. The van der Waals surface area contributed by atoms with E-state index in [4.69, 9.17) is 19.0 Å². The molecule has 0 saturated carbocycles. The molecule has 2 aromatic carbocycles. The highest BCUT2D eigenvalue weighted by atomic mass is 16.5. The summed E-state index contributed by atoms with van der Waals surface area (Å²) in [4.78, 5) is 23.8. The highest BCUT2D eigenvalue weighted by Gasteiger charge is 2.15. The maximum Gasteiger partial charge on any atom is 0.307 e. The lowest BCUT2D eigenvalue weighted by Crippen LogP contribution is -2.06. The van der Waals surface area contributed by atoms with Crippen molar-refractivity contribution >= 4 is 16.9 Å². The third kappa shape index (κ3) is 3.39. The van der Waals surface area contributed by atoms with Gasteiger partial charge in [-0.2, -0.15) is 0 Å². The number of rotatable bonds is 5. The first kappa shape index (κ1) is 17.5. The molecule has 0 aliphatic carbocycles. The summed E-state index contributed by atoms with van der Waals surface area (Å²) in [5.74, 6) is 0.428. The van der Waals surface area contributed by atoms with E-state index in [1.165, 1.54) is 20.3 Å². The smallest absolute Gasteiger partial charge is 0.307 e. The molecule has 0 fully saturated rings. The summed E-state index contributed by atoms with van der Waals surface area (Å²) in [6, 6.07) is 9.95. The molecule has 0 saturated heterocycles. The number of hydrogen-bond donors (Lipinski definition) is 1. The van der Waals surface area contributed by atoms with Crippen LogP contribution in [0.15, 0.2) is 45.6 Å².